The van der Waals surface area contributed by atoms with Crippen molar-refractivity contribution in [3.05, 3.63) is 84.9 Å². The van der Waals surface area contributed by atoms with Gasteiger partial charge in [-0.2, -0.15) is 0 Å². The quantitative estimate of drug-likeness (QED) is 0.316. The molecular weight excluding hydrogens is 330 g/mol. The largest absolute Gasteiger partial charge is 0.456 e. The van der Waals surface area contributed by atoms with Crippen molar-refractivity contribution in [3.8, 4) is 11.1 Å². The van der Waals surface area contributed by atoms with Crippen LogP contribution in [0, 0.1) is 0 Å². The molecule has 4 aromatic carbocycles. The zero-order chi connectivity index (χ0) is 18.0. The van der Waals surface area contributed by atoms with Crippen LogP contribution in [-0.4, -0.2) is 4.57 Å². The van der Waals surface area contributed by atoms with E-state index in [2.05, 4.69) is 84.4 Å². The Bertz CT molecular complexity index is 1470. The first-order chi connectivity index (χ1) is 13.3. The van der Waals surface area contributed by atoms with Crippen LogP contribution in [0.2, 0.25) is 0 Å². The van der Waals surface area contributed by atoms with Crippen molar-refractivity contribution in [1.29, 1.82) is 0 Å². The number of aryl methyl sites for hydroxylation is 1. The molecule has 0 amide bonds. The van der Waals surface area contributed by atoms with Crippen LogP contribution in [0.25, 0.3) is 54.9 Å². The highest BCUT2D eigenvalue weighted by atomic mass is 16.3. The van der Waals surface area contributed by atoms with Gasteiger partial charge in [0.25, 0.3) is 0 Å². The Morgan fingerprint density at radius 3 is 2.19 bits per heavy atom. The summed E-state index contributed by atoms with van der Waals surface area (Å²) in [5, 5.41) is 4.93. The third-order valence-electron chi connectivity index (χ3n) is 5.61. The fourth-order valence-electron chi connectivity index (χ4n) is 4.41. The standard InChI is InChI=1S/C25H17NO/c1-26-19-13-7-5-11-17(19)24-20(26)15-22-25(18-12-6-8-14-21(18)27-22)23(24)16-9-3-2-4-10-16/h2-15H,1H3. The van der Waals surface area contributed by atoms with Gasteiger partial charge in [0.2, 0.25) is 0 Å². The molecule has 2 heteroatoms. The number of benzene rings is 4. The highest BCUT2D eigenvalue weighted by Crippen LogP contribution is 2.44. The van der Waals surface area contributed by atoms with Crippen LogP contribution in [0.5, 0.6) is 0 Å². The number of para-hydroxylation sites is 2. The molecule has 0 bridgehead atoms. The van der Waals surface area contributed by atoms with Gasteiger partial charge < -0.3 is 8.98 Å². The van der Waals surface area contributed by atoms with E-state index in [0.29, 0.717) is 0 Å². The van der Waals surface area contributed by atoms with Crippen LogP contribution in [0.4, 0.5) is 0 Å². The van der Waals surface area contributed by atoms with Gasteiger partial charge in [0, 0.05) is 45.7 Å². The maximum absolute atomic E-state index is 6.26. The smallest absolute Gasteiger partial charge is 0.138 e. The number of hydrogen-bond acceptors (Lipinski definition) is 1. The molecule has 0 atom stereocenters. The van der Waals surface area contributed by atoms with Crippen LogP contribution in [0.1, 0.15) is 0 Å². The fraction of sp³-hybridized carbons (Fsp3) is 0.0400. The van der Waals surface area contributed by atoms with E-state index in [-0.39, 0.29) is 0 Å². The Balaban J connectivity index is 1.97. The van der Waals surface area contributed by atoms with Crippen LogP contribution in [0.3, 0.4) is 0 Å². The van der Waals surface area contributed by atoms with Crippen molar-refractivity contribution in [3.63, 3.8) is 0 Å². The van der Waals surface area contributed by atoms with Crippen molar-refractivity contribution < 1.29 is 4.42 Å². The molecule has 2 nitrogen and oxygen atoms in total. The van der Waals surface area contributed by atoms with Crippen LogP contribution in [0.15, 0.2) is 89.3 Å². The first kappa shape index (κ1) is 14.6. The van der Waals surface area contributed by atoms with Gasteiger partial charge in [-0.15, -0.1) is 0 Å². The van der Waals surface area contributed by atoms with Crippen LogP contribution in [-0.2, 0) is 7.05 Å². The highest BCUT2D eigenvalue weighted by molar-refractivity contribution is 6.26. The van der Waals surface area contributed by atoms with Crippen molar-refractivity contribution in [2.75, 3.05) is 0 Å². The normalized spacial score (nSPS) is 11.9. The lowest BCUT2D eigenvalue weighted by molar-refractivity contribution is 0.669. The predicted molar refractivity (Wildman–Crippen MR) is 113 cm³/mol. The van der Waals surface area contributed by atoms with Gasteiger partial charge >= 0.3 is 0 Å². The number of furan rings is 1. The molecule has 6 rings (SSSR count). The summed E-state index contributed by atoms with van der Waals surface area (Å²) in [6.07, 6.45) is 0. The molecule has 0 spiro atoms. The molecule has 0 aliphatic carbocycles. The molecule has 0 saturated carbocycles. The Morgan fingerprint density at radius 2 is 1.33 bits per heavy atom. The Kier molecular flexibility index (Phi) is 2.84. The summed E-state index contributed by atoms with van der Waals surface area (Å²) in [6.45, 7) is 0. The number of rotatable bonds is 1. The second kappa shape index (κ2) is 5.24. The van der Waals surface area contributed by atoms with Gasteiger partial charge in [-0.1, -0.05) is 66.7 Å². The van der Waals surface area contributed by atoms with E-state index in [4.69, 9.17) is 4.42 Å². The molecule has 128 valence electrons. The highest BCUT2D eigenvalue weighted by Gasteiger charge is 2.20. The Hall–Kier alpha value is -3.52. The third kappa shape index (κ3) is 1.90. The minimum Gasteiger partial charge on any atom is -0.456 e. The van der Waals surface area contributed by atoms with Gasteiger partial charge in [-0.3, -0.25) is 0 Å². The Labute approximate surface area is 156 Å². The molecule has 2 heterocycles. The maximum atomic E-state index is 6.26. The third-order valence-corrected chi connectivity index (χ3v) is 5.61. The summed E-state index contributed by atoms with van der Waals surface area (Å²) in [5.41, 5.74) is 6.78. The zero-order valence-electron chi connectivity index (χ0n) is 14.9. The molecule has 2 aromatic heterocycles. The molecule has 6 aromatic rings. The minimum absolute atomic E-state index is 0.935. The van der Waals surface area contributed by atoms with E-state index < -0.39 is 0 Å². The average Bonchev–Trinajstić information content (AvgIpc) is 3.23. The molecule has 0 aliphatic heterocycles. The summed E-state index contributed by atoms with van der Waals surface area (Å²) in [6, 6.07) is 29.8. The molecule has 0 fully saturated rings. The molecule has 0 aliphatic rings. The lowest BCUT2D eigenvalue weighted by Gasteiger charge is -2.08. The number of nitrogens with zero attached hydrogens (tertiary/aromatic N) is 1. The SMILES string of the molecule is Cn1c2ccccc2c2c(-c3ccccc3)c3c(cc21)oc1ccccc13. The number of fused-ring (bicyclic) bond motifs is 6. The molecule has 0 N–H and O–H groups in total. The van der Waals surface area contributed by atoms with Gasteiger partial charge in [0.15, 0.2) is 0 Å². The van der Waals surface area contributed by atoms with Crippen molar-refractivity contribution >= 4 is 43.7 Å². The monoisotopic (exact) mass is 347 g/mol. The van der Waals surface area contributed by atoms with Crippen molar-refractivity contribution in [2.45, 2.75) is 0 Å². The molecule has 0 saturated heterocycles. The van der Waals surface area contributed by atoms with Gasteiger partial charge in [0.1, 0.15) is 11.2 Å². The first-order valence-corrected chi connectivity index (χ1v) is 9.20. The van der Waals surface area contributed by atoms with E-state index in [1.54, 1.807) is 0 Å². The number of hydrogen-bond donors (Lipinski definition) is 0. The molecular formula is C25H17NO. The van der Waals surface area contributed by atoms with Crippen LogP contribution >= 0.6 is 0 Å². The van der Waals surface area contributed by atoms with E-state index in [9.17, 15) is 0 Å². The minimum atomic E-state index is 0.935. The summed E-state index contributed by atoms with van der Waals surface area (Å²) < 4.78 is 8.53. The summed E-state index contributed by atoms with van der Waals surface area (Å²) in [7, 11) is 2.13. The average molecular weight is 347 g/mol. The van der Waals surface area contributed by atoms with Gasteiger partial charge in [0.05, 0.1) is 5.52 Å². The van der Waals surface area contributed by atoms with Gasteiger partial charge in [-0.05, 0) is 17.7 Å². The second-order valence-corrected chi connectivity index (χ2v) is 7.06. The van der Waals surface area contributed by atoms with Crippen LogP contribution < -0.4 is 0 Å². The van der Waals surface area contributed by atoms with E-state index in [1.165, 1.54) is 43.7 Å². The predicted octanol–water partition coefficient (Wildman–Crippen LogP) is 6.90. The zero-order valence-corrected chi connectivity index (χ0v) is 14.9. The van der Waals surface area contributed by atoms with E-state index in [0.717, 1.165) is 11.2 Å². The topological polar surface area (TPSA) is 18.1 Å². The van der Waals surface area contributed by atoms with Crippen molar-refractivity contribution in [1.82, 2.24) is 4.57 Å². The van der Waals surface area contributed by atoms with Crippen molar-refractivity contribution in [2.24, 2.45) is 7.05 Å². The lowest BCUT2D eigenvalue weighted by atomic mass is 9.94. The second-order valence-electron chi connectivity index (χ2n) is 7.06. The maximum Gasteiger partial charge on any atom is 0.138 e. The molecule has 0 radical (unpaired) electrons. The summed E-state index contributed by atoms with van der Waals surface area (Å²) in [4.78, 5) is 0. The Morgan fingerprint density at radius 1 is 0.630 bits per heavy atom. The first-order valence-electron chi connectivity index (χ1n) is 9.20. The molecule has 27 heavy (non-hydrogen) atoms. The molecule has 0 unspecified atom stereocenters. The van der Waals surface area contributed by atoms with E-state index in [1.807, 2.05) is 12.1 Å². The lowest BCUT2D eigenvalue weighted by Crippen LogP contribution is -1.87. The van der Waals surface area contributed by atoms with E-state index >= 15 is 0 Å². The summed E-state index contributed by atoms with van der Waals surface area (Å²) in [5.74, 6) is 0. The van der Waals surface area contributed by atoms with Gasteiger partial charge in [-0.25, -0.2) is 0 Å². The number of aromatic nitrogens is 1. The fourth-order valence-corrected chi connectivity index (χ4v) is 4.41. The summed E-state index contributed by atoms with van der Waals surface area (Å²) >= 11 is 0.